The number of aromatic nitrogens is 1. The van der Waals surface area contributed by atoms with Gasteiger partial charge in [0.15, 0.2) is 0 Å². The molecule has 1 amide bonds. The molecule has 3 aromatic rings. The SMILES string of the molecule is CCCCCNS(=O)(=O)c1ccc(C(=O)Nc2cccc3cccnc23)cc1. The molecule has 0 fully saturated rings. The number of anilines is 1. The van der Waals surface area contributed by atoms with Gasteiger partial charge in [-0.05, 0) is 42.8 Å². The first-order valence-electron chi connectivity index (χ1n) is 9.26. The summed E-state index contributed by atoms with van der Waals surface area (Å²) in [4.78, 5) is 17.0. The molecule has 146 valence electrons. The second-order valence-corrected chi connectivity index (χ2v) is 8.23. The van der Waals surface area contributed by atoms with Gasteiger partial charge in [0.1, 0.15) is 0 Å². The predicted molar refractivity (Wildman–Crippen MR) is 111 cm³/mol. The minimum atomic E-state index is -3.56. The maximum absolute atomic E-state index is 12.6. The second kappa shape index (κ2) is 8.95. The number of unbranched alkanes of at least 4 members (excludes halogenated alkanes) is 2. The fourth-order valence-electron chi connectivity index (χ4n) is 2.85. The zero-order chi connectivity index (χ0) is 20.0. The third kappa shape index (κ3) is 4.74. The zero-order valence-electron chi connectivity index (χ0n) is 15.7. The monoisotopic (exact) mass is 397 g/mol. The molecular weight excluding hydrogens is 374 g/mol. The summed E-state index contributed by atoms with van der Waals surface area (Å²) in [6, 6.07) is 15.2. The van der Waals surface area contributed by atoms with Crippen LogP contribution in [0.5, 0.6) is 0 Å². The highest BCUT2D eigenvalue weighted by molar-refractivity contribution is 7.89. The Bertz CT molecular complexity index is 1060. The molecule has 3 rings (SSSR count). The second-order valence-electron chi connectivity index (χ2n) is 6.46. The van der Waals surface area contributed by atoms with E-state index in [1.165, 1.54) is 24.3 Å². The van der Waals surface area contributed by atoms with Crippen molar-refractivity contribution >= 4 is 32.5 Å². The minimum absolute atomic E-state index is 0.146. The average molecular weight is 398 g/mol. The van der Waals surface area contributed by atoms with Gasteiger partial charge in [0.2, 0.25) is 10.0 Å². The normalized spacial score (nSPS) is 11.5. The summed E-state index contributed by atoms with van der Waals surface area (Å²) in [6.07, 6.45) is 4.48. The molecule has 7 heteroatoms. The molecule has 6 nitrogen and oxygen atoms in total. The molecule has 1 aromatic heterocycles. The number of hydrogen-bond acceptors (Lipinski definition) is 4. The lowest BCUT2D eigenvalue weighted by Crippen LogP contribution is -2.24. The largest absolute Gasteiger partial charge is 0.320 e. The summed E-state index contributed by atoms with van der Waals surface area (Å²) < 4.78 is 27.2. The Balaban J connectivity index is 1.71. The van der Waals surface area contributed by atoms with E-state index in [0.717, 1.165) is 24.6 Å². The van der Waals surface area contributed by atoms with E-state index in [2.05, 4.69) is 21.9 Å². The van der Waals surface area contributed by atoms with Crippen molar-refractivity contribution in [2.75, 3.05) is 11.9 Å². The van der Waals surface area contributed by atoms with Crippen LogP contribution in [0.15, 0.2) is 65.7 Å². The number of hydrogen-bond donors (Lipinski definition) is 2. The van der Waals surface area contributed by atoms with E-state index in [1.54, 1.807) is 12.3 Å². The van der Waals surface area contributed by atoms with Gasteiger partial charge in [-0.25, -0.2) is 13.1 Å². The smallest absolute Gasteiger partial charge is 0.255 e. The van der Waals surface area contributed by atoms with Crippen LogP contribution in [0.25, 0.3) is 10.9 Å². The van der Waals surface area contributed by atoms with Crippen molar-refractivity contribution in [3.8, 4) is 0 Å². The van der Waals surface area contributed by atoms with Crippen molar-refractivity contribution in [3.63, 3.8) is 0 Å². The van der Waals surface area contributed by atoms with Crippen molar-refractivity contribution in [1.82, 2.24) is 9.71 Å². The molecule has 0 aliphatic carbocycles. The molecule has 0 saturated heterocycles. The molecule has 0 aliphatic rings. The highest BCUT2D eigenvalue weighted by Gasteiger charge is 2.15. The maximum Gasteiger partial charge on any atom is 0.255 e. The lowest BCUT2D eigenvalue weighted by atomic mass is 10.1. The molecule has 0 radical (unpaired) electrons. The third-order valence-electron chi connectivity index (χ3n) is 4.38. The molecule has 2 N–H and O–H groups in total. The van der Waals surface area contributed by atoms with Crippen molar-refractivity contribution in [2.45, 2.75) is 31.1 Å². The van der Waals surface area contributed by atoms with Crippen LogP contribution in [0.2, 0.25) is 0 Å². The van der Waals surface area contributed by atoms with Crippen LogP contribution < -0.4 is 10.0 Å². The first kappa shape index (κ1) is 20.0. The van der Waals surface area contributed by atoms with Crippen LogP contribution in [0.1, 0.15) is 36.5 Å². The van der Waals surface area contributed by atoms with Gasteiger partial charge in [0, 0.05) is 23.7 Å². The lowest BCUT2D eigenvalue weighted by molar-refractivity contribution is 0.102. The fraction of sp³-hybridized carbons (Fsp3) is 0.238. The molecule has 0 spiro atoms. The van der Waals surface area contributed by atoms with Crippen LogP contribution in [0.4, 0.5) is 5.69 Å². The molecule has 0 saturated carbocycles. The van der Waals surface area contributed by atoms with E-state index < -0.39 is 10.0 Å². The number of rotatable bonds is 8. The first-order valence-corrected chi connectivity index (χ1v) is 10.7. The number of carbonyl (C=O) groups excluding carboxylic acids is 1. The highest BCUT2D eigenvalue weighted by atomic mass is 32.2. The maximum atomic E-state index is 12.6. The van der Waals surface area contributed by atoms with Gasteiger partial charge in [0.25, 0.3) is 5.91 Å². The number of nitrogens with zero attached hydrogens (tertiary/aromatic N) is 1. The Morgan fingerprint density at radius 1 is 1.00 bits per heavy atom. The Hall–Kier alpha value is -2.77. The number of para-hydroxylation sites is 1. The molecule has 28 heavy (non-hydrogen) atoms. The van der Waals surface area contributed by atoms with E-state index in [9.17, 15) is 13.2 Å². The number of amides is 1. The van der Waals surface area contributed by atoms with E-state index in [1.807, 2.05) is 24.3 Å². The standard InChI is InChI=1S/C21H23N3O3S/c1-2-3-4-15-23-28(26,27)18-12-10-17(11-13-18)21(25)24-19-9-5-7-16-8-6-14-22-20(16)19/h5-14,23H,2-4,15H2,1H3,(H,24,25). The molecule has 2 aromatic carbocycles. The highest BCUT2D eigenvalue weighted by Crippen LogP contribution is 2.21. The third-order valence-corrected chi connectivity index (χ3v) is 5.86. The first-order chi connectivity index (χ1) is 13.5. The predicted octanol–water partition coefficient (Wildman–Crippen LogP) is 3.96. The topological polar surface area (TPSA) is 88.2 Å². The van der Waals surface area contributed by atoms with E-state index >= 15 is 0 Å². The van der Waals surface area contributed by atoms with Gasteiger partial charge in [-0.2, -0.15) is 0 Å². The van der Waals surface area contributed by atoms with E-state index in [0.29, 0.717) is 23.3 Å². The van der Waals surface area contributed by atoms with Gasteiger partial charge in [-0.3, -0.25) is 9.78 Å². The lowest BCUT2D eigenvalue weighted by Gasteiger charge is -2.09. The number of sulfonamides is 1. The van der Waals surface area contributed by atoms with Gasteiger partial charge < -0.3 is 5.32 Å². The van der Waals surface area contributed by atoms with Crippen molar-refractivity contribution in [3.05, 3.63) is 66.4 Å². The van der Waals surface area contributed by atoms with Gasteiger partial charge in [-0.15, -0.1) is 0 Å². The van der Waals surface area contributed by atoms with Crippen LogP contribution in [0.3, 0.4) is 0 Å². The molecular formula is C21H23N3O3S. The van der Waals surface area contributed by atoms with Crippen LogP contribution in [-0.2, 0) is 10.0 Å². The minimum Gasteiger partial charge on any atom is -0.320 e. The molecule has 0 unspecified atom stereocenters. The number of pyridine rings is 1. The molecule has 1 heterocycles. The quantitative estimate of drug-likeness (QED) is 0.563. The van der Waals surface area contributed by atoms with Crippen molar-refractivity contribution in [2.24, 2.45) is 0 Å². The summed E-state index contributed by atoms with van der Waals surface area (Å²) in [5.74, 6) is -0.321. The fourth-order valence-corrected chi connectivity index (χ4v) is 3.92. The average Bonchev–Trinajstić information content (AvgIpc) is 2.71. The van der Waals surface area contributed by atoms with Crippen molar-refractivity contribution < 1.29 is 13.2 Å². The van der Waals surface area contributed by atoms with Crippen LogP contribution in [0, 0.1) is 0 Å². The summed E-state index contributed by atoms with van der Waals surface area (Å²) in [5.41, 5.74) is 1.68. The Morgan fingerprint density at radius 3 is 2.50 bits per heavy atom. The molecule has 0 atom stereocenters. The number of fused-ring (bicyclic) bond motifs is 1. The molecule has 0 aliphatic heterocycles. The summed E-state index contributed by atoms with van der Waals surface area (Å²) in [6.45, 7) is 2.47. The van der Waals surface area contributed by atoms with E-state index in [-0.39, 0.29) is 10.8 Å². The Kier molecular flexibility index (Phi) is 6.38. The summed E-state index contributed by atoms with van der Waals surface area (Å²) >= 11 is 0. The van der Waals surface area contributed by atoms with Gasteiger partial charge >= 0.3 is 0 Å². The van der Waals surface area contributed by atoms with Gasteiger partial charge in [-0.1, -0.05) is 38.0 Å². The van der Waals surface area contributed by atoms with Gasteiger partial charge in [0.05, 0.1) is 16.1 Å². The van der Waals surface area contributed by atoms with Crippen LogP contribution in [-0.4, -0.2) is 25.9 Å². The number of nitrogens with one attached hydrogen (secondary N) is 2. The Labute approximate surface area is 165 Å². The Morgan fingerprint density at radius 2 is 1.75 bits per heavy atom. The number of carbonyl (C=O) groups is 1. The van der Waals surface area contributed by atoms with E-state index in [4.69, 9.17) is 0 Å². The summed E-state index contributed by atoms with van der Waals surface area (Å²) in [7, 11) is -3.56. The number of benzene rings is 2. The van der Waals surface area contributed by atoms with Crippen LogP contribution >= 0.6 is 0 Å². The van der Waals surface area contributed by atoms with Crippen molar-refractivity contribution in [1.29, 1.82) is 0 Å². The zero-order valence-corrected chi connectivity index (χ0v) is 16.5. The summed E-state index contributed by atoms with van der Waals surface area (Å²) in [5, 5.41) is 3.77. The molecule has 0 bridgehead atoms.